The molecule has 4 nitrogen and oxygen atoms in total. The summed E-state index contributed by atoms with van der Waals surface area (Å²) in [5.74, 6) is 0. The van der Waals surface area contributed by atoms with E-state index in [0.717, 1.165) is 30.0 Å². The lowest BCUT2D eigenvalue weighted by molar-refractivity contribution is 0.600. The molecule has 0 amide bonds. The Morgan fingerprint density at radius 3 is 2.39 bits per heavy atom. The van der Waals surface area contributed by atoms with Crippen molar-refractivity contribution in [2.45, 2.75) is 19.8 Å². The third kappa shape index (κ3) is 2.61. The summed E-state index contributed by atoms with van der Waals surface area (Å²) in [6, 6.07) is 6.03. The van der Waals surface area contributed by atoms with Gasteiger partial charge in [-0.15, -0.1) is 0 Å². The normalized spacial score (nSPS) is 16.1. The number of hydrogen-bond acceptors (Lipinski definition) is 3. The Kier molecular flexibility index (Phi) is 3.52. The Morgan fingerprint density at radius 2 is 1.83 bits per heavy atom. The molecule has 1 fully saturated rings. The van der Waals surface area contributed by atoms with Gasteiger partial charge in [0.1, 0.15) is 0 Å². The maximum atomic E-state index is 11.6. The molecule has 18 heavy (non-hydrogen) atoms. The van der Waals surface area contributed by atoms with Crippen molar-refractivity contribution >= 4 is 21.4 Å². The van der Waals surface area contributed by atoms with E-state index in [4.69, 9.17) is 0 Å². The first-order valence-electron chi connectivity index (χ1n) is 6.19. The van der Waals surface area contributed by atoms with Crippen LogP contribution in [0.3, 0.4) is 0 Å². The standard InChI is InChI=1S/C13H20N2O2S/c1-11-6-7-12(15-8-4-5-9-15)10-13(11)14(2)18(3,16)17/h6-7,10H,4-5,8-9H2,1-3H3. The van der Waals surface area contributed by atoms with Gasteiger partial charge in [-0.2, -0.15) is 0 Å². The molecular weight excluding hydrogens is 248 g/mol. The highest BCUT2D eigenvalue weighted by Crippen LogP contribution is 2.28. The van der Waals surface area contributed by atoms with E-state index in [9.17, 15) is 8.42 Å². The molecular formula is C13H20N2O2S. The monoisotopic (exact) mass is 268 g/mol. The highest BCUT2D eigenvalue weighted by molar-refractivity contribution is 7.92. The first-order chi connectivity index (χ1) is 8.39. The van der Waals surface area contributed by atoms with E-state index in [1.54, 1.807) is 7.05 Å². The summed E-state index contributed by atoms with van der Waals surface area (Å²) in [7, 11) is -1.60. The SMILES string of the molecule is Cc1ccc(N2CCCC2)cc1N(C)S(C)(=O)=O. The minimum atomic E-state index is -3.20. The van der Waals surface area contributed by atoms with E-state index < -0.39 is 10.0 Å². The third-order valence-corrected chi connectivity index (χ3v) is 4.69. The predicted octanol–water partition coefficient (Wildman–Crippen LogP) is 1.99. The van der Waals surface area contributed by atoms with Crippen molar-refractivity contribution in [2.75, 3.05) is 35.6 Å². The van der Waals surface area contributed by atoms with Crippen molar-refractivity contribution in [3.63, 3.8) is 0 Å². The summed E-state index contributed by atoms with van der Waals surface area (Å²) in [5, 5.41) is 0. The maximum absolute atomic E-state index is 11.6. The van der Waals surface area contributed by atoms with Crippen molar-refractivity contribution in [3.05, 3.63) is 23.8 Å². The molecule has 1 heterocycles. The fraction of sp³-hybridized carbons (Fsp3) is 0.538. The van der Waals surface area contributed by atoms with E-state index in [1.165, 1.54) is 23.4 Å². The summed E-state index contributed by atoms with van der Waals surface area (Å²) >= 11 is 0. The molecule has 1 aliphatic rings. The quantitative estimate of drug-likeness (QED) is 0.842. The van der Waals surface area contributed by atoms with Crippen LogP contribution in [0.1, 0.15) is 18.4 Å². The van der Waals surface area contributed by atoms with E-state index >= 15 is 0 Å². The summed E-state index contributed by atoms with van der Waals surface area (Å²) in [5.41, 5.74) is 2.86. The Balaban J connectivity index is 2.38. The molecule has 1 saturated heterocycles. The van der Waals surface area contributed by atoms with Crippen molar-refractivity contribution < 1.29 is 8.42 Å². The van der Waals surface area contributed by atoms with Crippen molar-refractivity contribution in [3.8, 4) is 0 Å². The average Bonchev–Trinajstić information content (AvgIpc) is 2.81. The fourth-order valence-corrected chi connectivity index (χ4v) is 2.84. The zero-order valence-electron chi connectivity index (χ0n) is 11.2. The molecule has 0 N–H and O–H groups in total. The van der Waals surface area contributed by atoms with Gasteiger partial charge in [-0.25, -0.2) is 8.42 Å². The van der Waals surface area contributed by atoms with Crippen LogP contribution in [0.5, 0.6) is 0 Å². The molecule has 0 bridgehead atoms. The van der Waals surface area contributed by atoms with Crippen LogP contribution in [0.4, 0.5) is 11.4 Å². The zero-order valence-corrected chi connectivity index (χ0v) is 12.0. The van der Waals surface area contributed by atoms with Crippen molar-refractivity contribution in [1.29, 1.82) is 0 Å². The molecule has 0 saturated carbocycles. The largest absolute Gasteiger partial charge is 0.371 e. The van der Waals surface area contributed by atoms with E-state index in [2.05, 4.69) is 11.0 Å². The highest BCUT2D eigenvalue weighted by Gasteiger charge is 2.17. The lowest BCUT2D eigenvalue weighted by Gasteiger charge is -2.23. The second kappa shape index (κ2) is 4.80. The van der Waals surface area contributed by atoms with Crippen LogP contribution in [0.15, 0.2) is 18.2 Å². The molecule has 0 radical (unpaired) electrons. The first-order valence-corrected chi connectivity index (χ1v) is 8.04. The van der Waals surface area contributed by atoms with E-state index in [0.29, 0.717) is 0 Å². The minimum absolute atomic E-state index is 0.766. The zero-order chi connectivity index (χ0) is 13.3. The number of benzene rings is 1. The molecule has 1 aromatic carbocycles. The Morgan fingerprint density at radius 1 is 1.22 bits per heavy atom. The minimum Gasteiger partial charge on any atom is -0.371 e. The van der Waals surface area contributed by atoms with E-state index in [-0.39, 0.29) is 0 Å². The summed E-state index contributed by atoms with van der Waals surface area (Å²) in [6.07, 6.45) is 3.66. The van der Waals surface area contributed by atoms with Gasteiger partial charge in [0.05, 0.1) is 11.9 Å². The molecule has 0 atom stereocenters. The number of anilines is 2. The molecule has 0 spiro atoms. The van der Waals surface area contributed by atoms with Crippen LogP contribution in [0, 0.1) is 6.92 Å². The molecule has 1 aromatic rings. The van der Waals surface area contributed by atoms with E-state index in [1.807, 2.05) is 19.1 Å². The summed E-state index contributed by atoms with van der Waals surface area (Å²) in [4.78, 5) is 2.30. The second-order valence-electron chi connectivity index (χ2n) is 4.90. The van der Waals surface area contributed by atoms with Gasteiger partial charge in [-0.05, 0) is 37.5 Å². The Bertz CT molecular complexity index is 534. The van der Waals surface area contributed by atoms with Crippen molar-refractivity contribution in [1.82, 2.24) is 0 Å². The van der Waals surface area contributed by atoms with Gasteiger partial charge in [0.2, 0.25) is 10.0 Å². The second-order valence-corrected chi connectivity index (χ2v) is 6.91. The molecule has 0 aromatic heterocycles. The number of hydrogen-bond donors (Lipinski definition) is 0. The fourth-order valence-electron chi connectivity index (χ4n) is 2.29. The van der Waals surface area contributed by atoms with Gasteiger partial charge in [0.25, 0.3) is 0 Å². The van der Waals surface area contributed by atoms with Crippen LogP contribution in [0.2, 0.25) is 0 Å². The topological polar surface area (TPSA) is 40.6 Å². The lowest BCUT2D eigenvalue weighted by Crippen LogP contribution is -2.26. The first kappa shape index (κ1) is 13.2. The molecule has 0 aliphatic carbocycles. The van der Waals surface area contributed by atoms with Crippen molar-refractivity contribution in [2.24, 2.45) is 0 Å². The lowest BCUT2D eigenvalue weighted by atomic mass is 10.1. The Labute approximate surface area is 109 Å². The number of sulfonamides is 1. The third-order valence-electron chi connectivity index (χ3n) is 3.50. The Hall–Kier alpha value is -1.23. The highest BCUT2D eigenvalue weighted by atomic mass is 32.2. The molecule has 100 valence electrons. The molecule has 1 aliphatic heterocycles. The van der Waals surface area contributed by atoms with Gasteiger partial charge < -0.3 is 4.90 Å². The van der Waals surface area contributed by atoms with Gasteiger partial charge in [-0.3, -0.25) is 4.31 Å². The average molecular weight is 268 g/mol. The number of rotatable bonds is 3. The summed E-state index contributed by atoms with van der Waals surface area (Å²) in [6.45, 7) is 4.06. The van der Waals surface area contributed by atoms with Gasteiger partial charge >= 0.3 is 0 Å². The predicted molar refractivity (Wildman–Crippen MR) is 75.9 cm³/mol. The van der Waals surface area contributed by atoms with Gasteiger partial charge in [-0.1, -0.05) is 6.07 Å². The van der Waals surface area contributed by atoms with Gasteiger partial charge in [0.15, 0.2) is 0 Å². The number of aryl methyl sites for hydroxylation is 1. The van der Waals surface area contributed by atoms with Crippen LogP contribution < -0.4 is 9.21 Å². The molecule has 2 rings (SSSR count). The van der Waals surface area contributed by atoms with Crippen LogP contribution in [-0.4, -0.2) is 34.8 Å². The van der Waals surface area contributed by atoms with Crippen LogP contribution in [-0.2, 0) is 10.0 Å². The van der Waals surface area contributed by atoms with Crippen LogP contribution in [0.25, 0.3) is 0 Å². The molecule has 5 heteroatoms. The van der Waals surface area contributed by atoms with Gasteiger partial charge in [0, 0.05) is 25.8 Å². The van der Waals surface area contributed by atoms with Crippen LogP contribution >= 0.6 is 0 Å². The number of nitrogens with zero attached hydrogens (tertiary/aromatic N) is 2. The maximum Gasteiger partial charge on any atom is 0.232 e. The summed E-state index contributed by atoms with van der Waals surface area (Å²) < 4.78 is 24.6. The molecule has 0 unspecified atom stereocenters. The smallest absolute Gasteiger partial charge is 0.232 e.